The average Bonchev–Trinajstić information content (AvgIpc) is 3.34. The number of nitro groups is 2. The highest BCUT2D eigenvalue weighted by atomic mass is 16.6. The first-order chi connectivity index (χ1) is 19.9. The first-order valence-corrected chi connectivity index (χ1v) is 13.1. The highest BCUT2D eigenvalue weighted by Gasteiger charge is 2.25. The fourth-order valence-corrected chi connectivity index (χ4v) is 5.01. The fraction of sp³-hybridized carbons (Fsp3) is 0.161. The molecule has 5 rings (SSSR count). The summed E-state index contributed by atoms with van der Waals surface area (Å²) in [6.07, 6.45) is 4.14. The second kappa shape index (κ2) is 12.2. The SMILES string of the molecule is O=C(C[C@H](c1cccc([N+](=O)[O-])c1)c1cn(Cc2ccccc2)c2ccc([N+](=O)[O-])cc12)NCCc1ccccn1. The number of benzene rings is 3. The molecule has 41 heavy (non-hydrogen) atoms. The van der Waals surface area contributed by atoms with Crippen LogP contribution in [0.3, 0.4) is 0 Å². The number of fused-ring (bicyclic) bond motifs is 1. The van der Waals surface area contributed by atoms with Crippen LogP contribution in [0.4, 0.5) is 11.4 Å². The zero-order chi connectivity index (χ0) is 28.8. The molecule has 0 saturated carbocycles. The number of nitrogens with zero attached hydrogens (tertiary/aromatic N) is 4. The zero-order valence-electron chi connectivity index (χ0n) is 22.1. The minimum Gasteiger partial charge on any atom is -0.356 e. The van der Waals surface area contributed by atoms with Crippen molar-refractivity contribution in [2.24, 2.45) is 0 Å². The molecule has 0 radical (unpaired) electrons. The monoisotopic (exact) mass is 549 g/mol. The summed E-state index contributed by atoms with van der Waals surface area (Å²) in [5.74, 6) is -0.835. The number of rotatable bonds is 11. The van der Waals surface area contributed by atoms with Crippen molar-refractivity contribution in [3.63, 3.8) is 0 Å². The van der Waals surface area contributed by atoms with Crippen LogP contribution in [0.15, 0.2) is 103 Å². The summed E-state index contributed by atoms with van der Waals surface area (Å²) < 4.78 is 1.99. The van der Waals surface area contributed by atoms with Crippen LogP contribution >= 0.6 is 0 Å². The minimum atomic E-state index is -0.591. The lowest BCUT2D eigenvalue weighted by molar-refractivity contribution is -0.385. The summed E-state index contributed by atoms with van der Waals surface area (Å²) in [6, 6.07) is 26.2. The van der Waals surface area contributed by atoms with Crippen LogP contribution in [0, 0.1) is 20.2 Å². The van der Waals surface area contributed by atoms with Gasteiger partial charge in [0.25, 0.3) is 11.4 Å². The summed E-state index contributed by atoms with van der Waals surface area (Å²) in [5.41, 5.74) is 3.73. The van der Waals surface area contributed by atoms with Crippen molar-refractivity contribution in [3.8, 4) is 0 Å². The number of carbonyl (C=O) groups excluding carboxylic acids is 1. The van der Waals surface area contributed by atoms with Gasteiger partial charge in [-0.3, -0.25) is 30.0 Å². The van der Waals surface area contributed by atoms with E-state index in [1.54, 1.807) is 24.4 Å². The number of non-ortho nitro benzene ring substituents is 2. The molecule has 2 aromatic heterocycles. The Kier molecular flexibility index (Phi) is 8.10. The van der Waals surface area contributed by atoms with Gasteiger partial charge in [0.1, 0.15) is 0 Å². The quantitative estimate of drug-likeness (QED) is 0.164. The summed E-state index contributed by atoms with van der Waals surface area (Å²) in [4.78, 5) is 39.9. The molecule has 0 saturated heterocycles. The van der Waals surface area contributed by atoms with Crippen molar-refractivity contribution in [2.75, 3.05) is 6.54 Å². The molecule has 0 fully saturated rings. The van der Waals surface area contributed by atoms with Crippen molar-refractivity contribution in [2.45, 2.75) is 25.3 Å². The predicted molar refractivity (Wildman–Crippen MR) is 155 cm³/mol. The molecule has 0 aliphatic carbocycles. The second-order valence-electron chi connectivity index (χ2n) is 9.69. The van der Waals surface area contributed by atoms with Crippen LogP contribution in [-0.2, 0) is 17.8 Å². The molecule has 10 nitrogen and oxygen atoms in total. The van der Waals surface area contributed by atoms with E-state index in [0.717, 1.165) is 16.8 Å². The maximum Gasteiger partial charge on any atom is 0.270 e. The molecule has 3 aromatic carbocycles. The van der Waals surface area contributed by atoms with E-state index in [-0.39, 0.29) is 23.7 Å². The number of nitro benzene ring substituents is 2. The van der Waals surface area contributed by atoms with Gasteiger partial charge < -0.3 is 9.88 Å². The van der Waals surface area contributed by atoms with Crippen molar-refractivity contribution < 1.29 is 14.6 Å². The van der Waals surface area contributed by atoms with E-state index in [1.165, 1.54) is 24.3 Å². The van der Waals surface area contributed by atoms with Gasteiger partial charge in [-0.15, -0.1) is 0 Å². The molecule has 0 aliphatic rings. The Labute approximate surface area is 235 Å². The van der Waals surface area contributed by atoms with E-state index in [4.69, 9.17) is 0 Å². The van der Waals surface area contributed by atoms with Crippen LogP contribution in [-0.4, -0.2) is 31.8 Å². The van der Waals surface area contributed by atoms with Crippen molar-refractivity contribution in [3.05, 3.63) is 146 Å². The molecule has 1 N–H and O–H groups in total. The number of carbonyl (C=O) groups is 1. The molecule has 5 aromatic rings. The molecule has 0 spiro atoms. The highest BCUT2D eigenvalue weighted by Crippen LogP contribution is 2.37. The Morgan fingerprint density at radius 3 is 2.37 bits per heavy atom. The maximum atomic E-state index is 13.2. The smallest absolute Gasteiger partial charge is 0.270 e. The Morgan fingerprint density at radius 1 is 0.878 bits per heavy atom. The first-order valence-electron chi connectivity index (χ1n) is 13.1. The standard InChI is InChI=1S/C31H27N5O5/c37-31(33-16-14-24-10-4-5-15-32-24)19-27(23-9-6-11-25(17-23)35(38)39)29-21-34(20-22-7-2-1-3-8-22)30-13-12-26(36(40)41)18-28(29)30/h1-13,15,17-18,21,27H,14,16,19-20H2,(H,33,37)/t27-/m1/s1. The average molecular weight is 550 g/mol. The topological polar surface area (TPSA) is 133 Å². The van der Waals surface area contributed by atoms with Crippen LogP contribution < -0.4 is 5.32 Å². The minimum absolute atomic E-state index is 0.00344. The lowest BCUT2D eigenvalue weighted by atomic mass is 9.87. The molecule has 0 unspecified atom stereocenters. The Hall–Kier alpha value is -5.38. The van der Waals surface area contributed by atoms with Gasteiger partial charge >= 0.3 is 0 Å². The van der Waals surface area contributed by atoms with Crippen LogP contribution in [0.25, 0.3) is 10.9 Å². The lowest BCUT2D eigenvalue weighted by Gasteiger charge is -2.17. The van der Waals surface area contributed by atoms with Gasteiger partial charge in [-0.1, -0.05) is 48.5 Å². The Morgan fingerprint density at radius 2 is 1.63 bits per heavy atom. The van der Waals surface area contributed by atoms with E-state index < -0.39 is 15.8 Å². The van der Waals surface area contributed by atoms with Gasteiger partial charge in [0.15, 0.2) is 0 Å². The molecular weight excluding hydrogens is 522 g/mol. The number of aromatic nitrogens is 2. The van der Waals surface area contributed by atoms with Crippen LogP contribution in [0.1, 0.15) is 34.7 Å². The molecule has 1 atom stereocenters. The normalized spacial score (nSPS) is 11.7. The maximum absolute atomic E-state index is 13.2. The van der Waals surface area contributed by atoms with Crippen molar-refractivity contribution in [1.82, 2.24) is 14.9 Å². The van der Waals surface area contributed by atoms with Crippen molar-refractivity contribution >= 4 is 28.2 Å². The Bertz CT molecular complexity index is 1700. The van der Waals surface area contributed by atoms with Gasteiger partial charge in [0.2, 0.25) is 5.91 Å². The molecule has 10 heteroatoms. The molecular formula is C31H27N5O5. The zero-order valence-corrected chi connectivity index (χ0v) is 22.1. The van der Waals surface area contributed by atoms with Gasteiger partial charge in [0.05, 0.1) is 9.85 Å². The third kappa shape index (κ3) is 6.44. The molecule has 0 bridgehead atoms. The fourth-order valence-electron chi connectivity index (χ4n) is 5.01. The van der Waals surface area contributed by atoms with Gasteiger partial charge in [-0.25, -0.2) is 0 Å². The summed E-state index contributed by atoms with van der Waals surface area (Å²) >= 11 is 0. The Balaban J connectivity index is 1.55. The van der Waals surface area contributed by atoms with E-state index >= 15 is 0 Å². The van der Waals surface area contributed by atoms with Crippen molar-refractivity contribution in [1.29, 1.82) is 0 Å². The van der Waals surface area contributed by atoms with E-state index in [0.29, 0.717) is 36.0 Å². The summed E-state index contributed by atoms with van der Waals surface area (Å²) in [6.45, 7) is 0.881. The molecule has 0 aliphatic heterocycles. The summed E-state index contributed by atoms with van der Waals surface area (Å²) in [7, 11) is 0. The third-order valence-corrected chi connectivity index (χ3v) is 6.98. The number of hydrogen-bond donors (Lipinski definition) is 1. The van der Waals surface area contributed by atoms with E-state index in [9.17, 15) is 25.0 Å². The predicted octanol–water partition coefficient (Wildman–Crippen LogP) is 5.78. The number of amides is 1. The first kappa shape index (κ1) is 27.2. The van der Waals surface area contributed by atoms with Gasteiger partial charge in [-0.2, -0.15) is 0 Å². The van der Waals surface area contributed by atoms with E-state index in [2.05, 4.69) is 10.3 Å². The number of hydrogen-bond acceptors (Lipinski definition) is 6. The highest BCUT2D eigenvalue weighted by molar-refractivity contribution is 5.88. The van der Waals surface area contributed by atoms with Crippen LogP contribution in [0.2, 0.25) is 0 Å². The van der Waals surface area contributed by atoms with Crippen LogP contribution in [0.5, 0.6) is 0 Å². The lowest BCUT2D eigenvalue weighted by Crippen LogP contribution is -2.27. The summed E-state index contributed by atoms with van der Waals surface area (Å²) in [5, 5.41) is 26.8. The number of nitrogens with one attached hydrogen (secondary N) is 1. The van der Waals surface area contributed by atoms with Gasteiger partial charge in [-0.05, 0) is 34.9 Å². The second-order valence-corrected chi connectivity index (χ2v) is 9.69. The number of pyridine rings is 1. The largest absolute Gasteiger partial charge is 0.356 e. The molecule has 2 heterocycles. The van der Waals surface area contributed by atoms with Gasteiger partial charge in [0, 0.05) is 85.1 Å². The molecule has 206 valence electrons. The van der Waals surface area contributed by atoms with E-state index in [1.807, 2.05) is 59.3 Å². The third-order valence-electron chi connectivity index (χ3n) is 6.98. The molecule has 1 amide bonds.